The van der Waals surface area contributed by atoms with Crippen molar-refractivity contribution >= 4 is 17.5 Å². The third-order valence-corrected chi connectivity index (χ3v) is 5.29. The minimum atomic E-state index is -0.0335. The Kier molecular flexibility index (Phi) is 8.09. The second-order valence-electron chi connectivity index (χ2n) is 5.88. The molecule has 2 rings (SSSR count). The summed E-state index contributed by atoms with van der Waals surface area (Å²) in [6.07, 6.45) is 5.76. The van der Waals surface area contributed by atoms with Gasteiger partial charge in [-0.2, -0.15) is 0 Å². The summed E-state index contributed by atoms with van der Waals surface area (Å²) in [5, 5.41) is 6.77. The maximum atomic E-state index is 13.0. The summed E-state index contributed by atoms with van der Waals surface area (Å²) in [4.78, 5) is 14.9. The lowest BCUT2D eigenvalue weighted by atomic mass is 10.0. The number of nitrogens with one attached hydrogen (secondary N) is 2. The van der Waals surface area contributed by atoms with E-state index in [-0.39, 0.29) is 11.7 Å². The molecule has 25 heavy (non-hydrogen) atoms. The van der Waals surface area contributed by atoms with E-state index in [0.717, 1.165) is 53.7 Å². The van der Waals surface area contributed by atoms with Crippen LogP contribution >= 0.6 is 11.8 Å². The van der Waals surface area contributed by atoms with Gasteiger partial charge >= 0.3 is 0 Å². The highest BCUT2D eigenvalue weighted by Gasteiger charge is 2.24. The molecule has 0 aliphatic heterocycles. The van der Waals surface area contributed by atoms with Gasteiger partial charge in [0.25, 0.3) is 0 Å². The second-order valence-corrected chi connectivity index (χ2v) is 6.96. The van der Waals surface area contributed by atoms with E-state index in [9.17, 15) is 4.79 Å². The summed E-state index contributed by atoms with van der Waals surface area (Å²) in [6, 6.07) is 7.86. The number of carbonyl (C=O) groups excluding carboxylic acids is 1. The zero-order chi connectivity index (χ0) is 18.1. The van der Waals surface area contributed by atoms with E-state index < -0.39 is 0 Å². The molecular weight excluding hydrogens is 332 g/mol. The van der Waals surface area contributed by atoms with Crippen molar-refractivity contribution in [2.75, 3.05) is 26.7 Å². The van der Waals surface area contributed by atoms with E-state index in [4.69, 9.17) is 4.74 Å². The topological polar surface area (TPSA) is 50.4 Å². The van der Waals surface area contributed by atoms with Crippen molar-refractivity contribution in [1.29, 1.82) is 0 Å². The number of ketones is 1. The Morgan fingerprint density at radius 2 is 1.96 bits per heavy atom. The number of benzene rings is 1. The number of rotatable bonds is 9. The third kappa shape index (κ3) is 5.65. The number of allylic oxidation sites excluding steroid dienone is 3. The molecule has 0 amide bonds. The summed E-state index contributed by atoms with van der Waals surface area (Å²) in [5.74, 6) is 0.999. The molecule has 0 saturated carbocycles. The van der Waals surface area contributed by atoms with Crippen LogP contribution < -0.4 is 15.4 Å². The Hall–Kier alpha value is -1.72. The number of carbonyl (C=O) groups is 1. The molecule has 1 unspecified atom stereocenters. The van der Waals surface area contributed by atoms with Crippen LogP contribution in [-0.4, -0.2) is 32.5 Å². The smallest absolute Gasteiger partial charge is 0.178 e. The first kappa shape index (κ1) is 19.6. The molecule has 5 heteroatoms. The van der Waals surface area contributed by atoms with Crippen LogP contribution in [0.3, 0.4) is 0 Å². The molecule has 0 heterocycles. The molecule has 0 radical (unpaired) electrons. The highest BCUT2D eigenvalue weighted by molar-refractivity contribution is 8.04. The van der Waals surface area contributed by atoms with Crippen LogP contribution in [0.2, 0.25) is 0 Å². The minimum Gasteiger partial charge on any atom is -0.497 e. The molecule has 1 aromatic rings. The molecule has 4 nitrogen and oxygen atoms in total. The molecule has 1 atom stereocenters. The lowest BCUT2D eigenvalue weighted by molar-refractivity contribution is -0.117. The number of ether oxygens (including phenoxy) is 1. The molecule has 2 N–H and O–H groups in total. The van der Waals surface area contributed by atoms with Gasteiger partial charge in [-0.3, -0.25) is 4.79 Å². The quantitative estimate of drug-likeness (QED) is 0.519. The normalized spacial score (nSPS) is 17.6. The van der Waals surface area contributed by atoms with E-state index >= 15 is 0 Å². The summed E-state index contributed by atoms with van der Waals surface area (Å²) in [6.45, 7) is 6.80. The molecule has 136 valence electrons. The van der Waals surface area contributed by atoms with Crippen molar-refractivity contribution in [2.24, 2.45) is 5.92 Å². The molecule has 0 fully saturated rings. The van der Waals surface area contributed by atoms with Crippen LogP contribution in [-0.2, 0) is 4.79 Å². The fraction of sp³-hybridized carbons (Fsp3) is 0.450. The van der Waals surface area contributed by atoms with Gasteiger partial charge in [0.05, 0.1) is 12.0 Å². The Bertz CT molecular complexity index is 623. The van der Waals surface area contributed by atoms with Crippen LogP contribution in [0.25, 0.3) is 0 Å². The largest absolute Gasteiger partial charge is 0.497 e. The van der Waals surface area contributed by atoms with Crippen molar-refractivity contribution < 1.29 is 9.53 Å². The average molecular weight is 361 g/mol. The average Bonchev–Trinajstić information content (AvgIpc) is 2.79. The fourth-order valence-corrected chi connectivity index (χ4v) is 3.71. The number of Topliss-reactive ketones (excluding diaryl/α,β-unsaturated/α-hetero) is 1. The zero-order valence-corrected chi connectivity index (χ0v) is 16.1. The van der Waals surface area contributed by atoms with Crippen LogP contribution in [0.1, 0.15) is 26.7 Å². The van der Waals surface area contributed by atoms with E-state index in [0.29, 0.717) is 0 Å². The van der Waals surface area contributed by atoms with Crippen LogP contribution in [0, 0.1) is 5.92 Å². The van der Waals surface area contributed by atoms with E-state index in [1.807, 2.05) is 24.3 Å². The monoisotopic (exact) mass is 360 g/mol. The van der Waals surface area contributed by atoms with Gasteiger partial charge in [0.1, 0.15) is 5.75 Å². The van der Waals surface area contributed by atoms with Crippen molar-refractivity contribution in [3.8, 4) is 5.75 Å². The van der Waals surface area contributed by atoms with Crippen molar-refractivity contribution in [3.63, 3.8) is 0 Å². The molecule has 1 aromatic carbocycles. The Morgan fingerprint density at radius 1 is 1.20 bits per heavy atom. The molecule has 1 aliphatic carbocycles. The number of methoxy groups -OCH3 is 1. The second kappa shape index (κ2) is 10.3. The fourth-order valence-electron chi connectivity index (χ4n) is 2.67. The number of thioether (sulfide) groups is 1. The summed E-state index contributed by atoms with van der Waals surface area (Å²) < 4.78 is 5.21. The van der Waals surface area contributed by atoms with Gasteiger partial charge in [0.2, 0.25) is 0 Å². The van der Waals surface area contributed by atoms with Crippen molar-refractivity contribution in [1.82, 2.24) is 10.6 Å². The molecule has 1 aliphatic rings. The van der Waals surface area contributed by atoms with E-state index in [1.165, 1.54) is 0 Å². The van der Waals surface area contributed by atoms with Crippen molar-refractivity contribution in [3.05, 3.63) is 47.0 Å². The predicted octanol–water partition coefficient (Wildman–Crippen LogP) is 3.75. The molecular formula is C20H28N2O2S. The zero-order valence-electron chi connectivity index (χ0n) is 15.3. The first-order valence-electron chi connectivity index (χ1n) is 8.90. The van der Waals surface area contributed by atoms with Gasteiger partial charge in [-0.1, -0.05) is 37.8 Å². The van der Waals surface area contributed by atoms with Crippen LogP contribution in [0.4, 0.5) is 0 Å². The SMILES string of the molecule is CCNCCNC1=C(Sc2ccc(OC)cc2)C(=O)C(CC)C=CC1. The summed E-state index contributed by atoms with van der Waals surface area (Å²) in [7, 11) is 1.66. The van der Waals surface area contributed by atoms with Gasteiger partial charge < -0.3 is 15.4 Å². The standard InChI is InChI=1S/C20H28N2O2S/c1-4-15-7-6-8-18(22-14-13-21-5-2)20(19(15)23)25-17-11-9-16(24-3)10-12-17/h6-7,9-12,15,21-22H,4-5,8,13-14H2,1-3H3. The lowest BCUT2D eigenvalue weighted by Gasteiger charge is -2.16. The lowest BCUT2D eigenvalue weighted by Crippen LogP contribution is -2.28. The maximum Gasteiger partial charge on any atom is 0.178 e. The minimum absolute atomic E-state index is 0.0335. The third-order valence-electron chi connectivity index (χ3n) is 4.13. The van der Waals surface area contributed by atoms with Crippen molar-refractivity contribution in [2.45, 2.75) is 31.6 Å². The molecule has 0 saturated heterocycles. The highest BCUT2D eigenvalue weighted by atomic mass is 32.2. The van der Waals surface area contributed by atoms with Gasteiger partial charge in [-0.05, 0) is 37.2 Å². The van der Waals surface area contributed by atoms with E-state index in [1.54, 1.807) is 18.9 Å². The summed E-state index contributed by atoms with van der Waals surface area (Å²) in [5.41, 5.74) is 1.02. The Morgan fingerprint density at radius 3 is 2.60 bits per heavy atom. The number of hydrogen-bond donors (Lipinski definition) is 2. The molecule has 0 spiro atoms. The van der Waals surface area contributed by atoms with Gasteiger partial charge in [-0.25, -0.2) is 0 Å². The van der Waals surface area contributed by atoms with E-state index in [2.05, 4.69) is 36.6 Å². The molecule has 0 aromatic heterocycles. The summed E-state index contributed by atoms with van der Waals surface area (Å²) >= 11 is 1.55. The van der Waals surface area contributed by atoms with Gasteiger partial charge in [-0.15, -0.1) is 0 Å². The first-order chi connectivity index (χ1) is 12.2. The number of hydrogen-bond acceptors (Lipinski definition) is 5. The predicted molar refractivity (Wildman–Crippen MR) is 105 cm³/mol. The highest BCUT2D eigenvalue weighted by Crippen LogP contribution is 2.35. The van der Waals surface area contributed by atoms with Crippen LogP contribution in [0.5, 0.6) is 5.75 Å². The number of likely N-dealkylation sites (N-methyl/N-ethyl adjacent to an activating group) is 1. The Labute approximate surface area is 155 Å². The van der Waals surface area contributed by atoms with Gasteiger partial charge in [0, 0.05) is 36.0 Å². The van der Waals surface area contributed by atoms with Gasteiger partial charge in [0.15, 0.2) is 5.78 Å². The van der Waals surface area contributed by atoms with Crippen LogP contribution in [0.15, 0.2) is 51.9 Å². The molecule has 0 bridgehead atoms. The first-order valence-corrected chi connectivity index (χ1v) is 9.71. The maximum absolute atomic E-state index is 13.0. The Balaban J connectivity index is 2.21.